The molecule has 0 saturated carbocycles. The number of hydrogen-bond donors (Lipinski definition) is 0. The predicted octanol–water partition coefficient (Wildman–Crippen LogP) is 1.75. The smallest absolute Gasteiger partial charge is 0.0558 e. The number of nitrogens with zero attached hydrogens (tertiary/aromatic N) is 1. The van der Waals surface area contributed by atoms with E-state index >= 15 is 0 Å². The molecule has 2 heteroatoms. The highest BCUT2D eigenvalue weighted by Crippen LogP contribution is 2.08. The molecule has 0 aliphatic rings. The van der Waals surface area contributed by atoms with Crippen LogP contribution in [0.25, 0.3) is 0 Å². The van der Waals surface area contributed by atoms with Crippen LogP contribution in [0.15, 0.2) is 0 Å². The monoisotopic (exact) mass is 159 g/mol. The van der Waals surface area contributed by atoms with Gasteiger partial charge in [-0.25, -0.2) is 0 Å². The lowest BCUT2D eigenvalue weighted by Gasteiger charge is -2.25. The van der Waals surface area contributed by atoms with Crippen molar-refractivity contribution in [3.8, 4) is 0 Å². The highest BCUT2D eigenvalue weighted by Gasteiger charge is 2.12. The van der Waals surface area contributed by atoms with E-state index < -0.39 is 0 Å². The van der Waals surface area contributed by atoms with Crippen molar-refractivity contribution in [2.24, 2.45) is 0 Å². The SMILES string of the molecule is CC[C@H](C[C@@H](C)OC)N(C)C. The van der Waals surface area contributed by atoms with Crippen LogP contribution in [0.5, 0.6) is 0 Å². The van der Waals surface area contributed by atoms with Gasteiger partial charge in [-0.2, -0.15) is 0 Å². The molecule has 0 N–H and O–H groups in total. The summed E-state index contributed by atoms with van der Waals surface area (Å²) in [4.78, 5) is 2.26. The van der Waals surface area contributed by atoms with E-state index in [9.17, 15) is 0 Å². The zero-order valence-corrected chi connectivity index (χ0v) is 8.42. The molecule has 0 aliphatic carbocycles. The van der Waals surface area contributed by atoms with Gasteiger partial charge >= 0.3 is 0 Å². The van der Waals surface area contributed by atoms with Crippen LogP contribution in [0.2, 0.25) is 0 Å². The fourth-order valence-corrected chi connectivity index (χ4v) is 1.22. The third-order valence-corrected chi connectivity index (χ3v) is 2.21. The van der Waals surface area contributed by atoms with Gasteiger partial charge in [0.05, 0.1) is 6.10 Å². The van der Waals surface area contributed by atoms with Gasteiger partial charge in [-0.1, -0.05) is 6.92 Å². The molecule has 0 heterocycles. The molecule has 2 nitrogen and oxygen atoms in total. The quantitative estimate of drug-likeness (QED) is 0.606. The second-order valence-corrected chi connectivity index (χ2v) is 3.31. The molecule has 0 unspecified atom stereocenters. The minimum absolute atomic E-state index is 0.377. The predicted molar refractivity (Wildman–Crippen MR) is 48.9 cm³/mol. The first-order chi connectivity index (χ1) is 5.11. The average molecular weight is 159 g/mol. The maximum Gasteiger partial charge on any atom is 0.0558 e. The Morgan fingerprint density at radius 1 is 1.36 bits per heavy atom. The number of hydrogen-bond acceptors (Lipinski definition) is 2. The average Bonchev–Trinajstić information content (AvgIpc) is 1.99. The molecule has 0 radical (unpaired) electrons. The Hall–Kier alpha value is -0.0800. The lowest BCUT2D eigenvalue weighted by molar-refractivity contribution is 0.0835. The van der Waals surface area contributed by atoms with Gasteiger partial charge in [-0.15, -0.1) is 0 Å². The molecule has 0 bridgehead atoms. The summed E-state index contributed by atoms with van der Waals surface area (Å²) in [6.45, 7) is 4.33. The summed E-state index contributed by atoms with van der Waals surface area (Å²) in [5.41, 5.74) is 0. The molecule has 0 saturated heterocycles. The fraction of sp³-hybridized carbons (Fsp3) is 1.00. The van der Waals surface area contributed by atoms with Crippen LogP contribution in [0.1, 0.15) is 26.7 Å². The minimum atomic E-state index is 0.377. The number of methoxy groups -OCH3 is 1. The van der Waals surface area contributed by atoms with E-state index in [-0.39, 0.29) is 0 Å². The van der Waals surface area contributed by atoms with Crippen LogP contribution in [0, 0.1) is 0 Å². The molecule has 0 aromatic carbocycles. The van der Waals surface area contributed by atoms with Crippen molar-refractivity contribution in [1.29, 1.82) is 0 Å². The third kappa shape index (κ3) is 4.38. The van der Waals surface area contributed by atoms with Gasteiger partial charge in [0.2, 0.25) is 0 Å². The van der Waals surface area contributed by atoms with Gasteiger partial charge in [-0.05, 0) is 33.9 Å². The van der Waals surface area contributed by atoms with Crippen LogP contribution in [-0.2, 0) is 4.74 Å². The molecule has 68 valence electrons. The van der Waals surface area contributed by atoms with Crippen LogP contribution in [0.4, 0.5) is 0 Å². The molecule has 2 atom stereocenters. The van der Waals surface area contributed by atoms with Crippen LogP contribution < -0.4 is 0 Å². The lowest BCUT2D eigenvalue weighted by atomic mass is 10.1. The topological polar surface area (TPSA) is 12.5 Å². The Balaban J connectivity index is 3.68. The first-order valence-electron chi connectivity index (χ1n) is 4.31. The maximum absolute atomic E-state index is 5.21. The van der Waals surface area contributed by atoms with Gasteiger partial charge in [-0.3, -0.25) is 0 Å². The van der Waals surface area contributed by atoms with E-state index in [0.717, 1.165) is 6.42 Å². The molecular formula is C9H21NO. The molecule has 0 amide bonds. The number of ether oxygens (including phenoxy) is 1. The minimum Gasteiger partial charge on any atom is -0.382 e. The molecule has 0 aromatic rings. The van der Waals surface area contributed by atoms with Crippen molar-refractivity contribution >= 4 is 0 Å². The summed E-state index contributed by atoms with van der Waals surface area (Å²) in [6.07, 6.45) is 2.70. The van der Waals surface area contributed by atoms with Crippen molar-refractivity contribution in [2.45, 2.75) is 38.8 Å². The summed E-state index contributed by atoms with van der Waals surface area (Å²) < 4.78 is 5.21. The summed E-state index contributed by atoms with van der Waals surface area (Å²) in [5.74, 6) is 0. The first-order valence-corrected chi connectivity index (χ1v) is 4.31. The van der Waals surface area contributed by atoms with Gasteiger partial charge in [0.15, 0.2) is 0 Å². The van der Waals surface area contributed by atoms with Gasteiger partial charge in [0.25, 0.3) is 0 Å². The van der Waals surface area contributed by atoms with Crippen LogP contribution >= 0.6 is 0 Å². The molecule has 0 aliphatic heterocycles. The maximum atomic E-state index is 5.21. The summed E-state index contributed by atoms with van der Waals surface area (Å²) >= 11 is 0. The van der Waals surface area contributed by atoms with Crippen LogP contribution in [0.3, 0.4) is 0 Å². The Labute approximate surface area is 70.5 Å². The highest BCUT2D eigenvalue weighted by molar-refractivity contribution is 4.67. The van der Waals surface area contributed by atoms with Crippen molar-refractivity contribution in [1.82, 2.24) is 4.90 Å². The zero-order chi connectivity index (χ0) is 8.85. The summed E-state index contributed by atoms with van der Waals surface area (Å²) in [7, 11) is 6.01. The summed E-state index contributed by atoms with van der Waals surface area (Å²) in [5, 5.41) is 0. The molecule has 0 fully saturated rings. The van der Waals surface area contributed by atoms with Gasteiger partial charge in [0.1, 0.15) is 0 Å². The van der Waals surface area contributed by atoms with E-state index in [0.29, 0.717) is 12.1 Å². The van der Waals surface area contributed by atoms with E-state index in [2.05, 4.69) is 32.8 Å². The second-order valence-electron chi connectivity index (χ2n) is 3.31. The van der Waals surface area contributed by atoms with Crippen molar-refractivity contribution in [3.05, 3.63) is 0 Å². The molecular weight excluding hydrogens is 138 g/mol. The summed E-state index contributed by atoms with van der Waals surface area (Å²) in [6, 6.07) is 0.657. The Morgan fingerprint density at radius 3 is 2.18 bits per heavy atom. The normalized spacial score (nSPS) is 16.9. The van der Waals surface area contributed by atoms with E-state index in [1.807, 2.05) is 0 Å². The first kappa shape index (κ1) is 10.9. The third-order valence-electron chi connectivity index (χ3n) is 2.21. The largest absolute Gasteiger partial charge is 0.382 e. The molecule has 0 spiro atoms. The Bertz CT molecular complexity index is 93.6. The standard InChI is InChI=1S/C9H21NO/c1-6-9(10(3)4)7-8(2)11-5/h8-9H,6-7H2,1-5H3/t8-,9-/m1/s1. The lowest BCUT2D eigenvalue weighted by Crippen LogP contribution is -2.30. The van der Waals surface area contributed by atoms with E-state index in [1.54, 1.807) is 7.11 Å². The van der Waals surface area contributed by atoms with Gasteiger partial charge in [0, 0.05) is 13.2 Å². The van der Waals surface area contributed by atoms with E-state index in [1.165, 1.54) is 6.42 Å². The molecule has 0 aromatic heterocycles. The van der Waals surface area contributed by atoms with Crippen molar-refractivity contribution < 1.29 is 4.74 Å². The Morgan fingerprint density at radius 2 is 1.91 bits per heavy atom. The zero-order valence-electron chi connectivity index (χ0n) is 8.42. The van der Waals surface area contributed by atoms with Crippen LogP contribution in [-0.4, -0.2) is 38.3 Å². The fourth-order valence-electron chi connectivity index (χ4n) is 1.22. The number of rotatable bonds is 5. The highest BCUT2D eigenvalue weighted by atomic mass is 16.5. The second kappa shape index (κ2) is 5.56. The molecule has 11 heavy (non-hydrogen) atoms. The van der Waals surface area contributed by atoms with Crippen molar-refractivity contribution in [3.63, 3.8) is 0 Å². The van der Waals surface area contributed by atoms with Crippen molar-refractivity contribution in [2.75, 3.05) is 21.2 Å². The molecule has 0 rings (SSSR count). The van der Waals surface area contributed by atoms with Gasteiger partial charge < -0.3 is 9.64 Å². The Kier molecular flexibility index (Phi) is 5.51. The van der Waals surface area contributed by atoms with E-state index in [4.69, 9.17) is 4.74 Å².